The number of nitrogens with zero attached hydrogens (tertiary/aromatic N) is 6. The Morgan fingerprint density at radius 2 is 2.00 bits per heavy atom. The largest absolute Gasteiger partial charge is 0.309 e. The Kier molecular flexibility index (Phi) is 5.05. The lowest BCUT2D eigenvalue weighted by molar-refractivity contribution is 0.289. The summed E-state index contributed by atoms with van der Waals surface area (Å²) < 4.78 is 1.73. The first-order chi connectivity index (χ1) is 10.0. The van der Waals surface area contributed by atoms with Gasteiger partial charge in [0.1, 0.15) is 5.82 Å². The van der Waals surface area contributed by atoms with Gasteiger partial charge in [-0.15, -0.1) is 0 Å². The van der Waals surface area contributed by atoms with Crippen LogP contribution >= 0.6 is 0 Å². The number of fused-ring (bicyclic) bond motifs is 1. The number of rotatable bonds is 7. The molecule has 0 saturated heterocycles. The quantitative estimate of drug-likeness (QED) is 0.550. The molecule has 21 heavy (non-hydrogen) atoms. The highest BCUT2D eigenvalue weighted by atomic mass is 15.3. The zero-order chi connectivity index (χ0) is 15.4. The number of hydrazine groups is 1. The van der Waals surface area contributed by atoms with Crippen molar-refractivity contribution in [1.82, 2.24) is 29.5 Å². The topological polar surface area (TPSA) is 88.1 Å². The lowest BCUT2D eigenvalue weighted by Crippen LogP contribution is -2.24. The first kappa shape index (κ1) is 15.6. The summed E-state index contributed by atoms with van der Waals surface area (Å²) >= 11 is 0. The summed E-state index contributed by atoms with van der Waals surface area (Å²) in [6, 6.07) is 0. The van der Waals surface area contributed by atoms with E-state index >= 15 is 0 Å². The number of nitrogen functional groups attached to an aromatic ring is 1. The fourth-order valence-electron chi connectivity index (χ4n) is 2.23. The van der Waals surface area contributed by atoms with Crippen LogP contribution in [-0.2, 0) is 13.6 Å². The minimum Gasteiger partial charge on any atom is -0.309 e. The Morgan fingerprint density at radius 1 is 1.24 bits per heavy atom. The van der Waals surface area contributed by atoms with E-state index in [9.17, 15) is 0 Å². The Bertz CT molecular complexity index is 591. The molecule has 8 nitrogen and oxygen atoms in total. The predicted octanol–water partition coefficient (Wildman–Crippen LogP) is 0.0324. The summed E-state index contributed by atoms with van der Waals surface area (Å²) in [5.41, 5.74) is 3.41. The summed E-state index contributed by atoms with van der Waals surface area (Å²) in [5.74, 6) is 6.90. The normalized spacial score (nSPS) is 11.8. The van der Waals surface area contributed by atoms with Crippen molar-refractivity contribution >= 4 is 16.9 Å². The highest BCUT2D eigenvalue weighted by molar-refractivity contribution is 5.86. The zero-order valence-electron chi connectivity index (χ0n) is 13.2. The second-order valence-corrected chi connectivity index (χ2v) is 5.53. The third-order valence-electron chi connectivity index (χ3n) is 3.33. The van der Waals surface area contributed by atoms with Gasteiger partial charge in [-0.1, -0.05) is 0 Å². The Morgan fingerprint density at radius 3 is 2.67 bits per heavy atom. The third kappa shape index (κ3) is 3.87. The van der Waals surface area contributed by atoms with Crippen LogP contribution in [0.15, 0.2) is 6.20 Å². The number of nitrogens with one attached hydrogen (secondary N) is 1. The van der Waals surface area contributed by atoms with Gasteiger partial charge in [0, 0.05) is 7.05 Å². The van der Waals surface area contributed by atoms with E-state index in [0.717, 1.165) is 36.4 Å². The van der Waals surface area contributed by atoms with E-state index in [4.69, 9.17) is 5.84 Å². The van der Waals surface area contributed by atoms with Gasteiger partial charge in [-0.3, -0.25) is 9.58 Å². The standard InChI is InChI=1S/C13H24N8/c1-19(2)6-5-7-20(3)9-11-16-12(18-14)10-8-15-21(4)13(10)17-11/h8H,5-7,9,14H2,1-4H3,(H,16,17,18). The van der Waals surface area contributed by atoms with Crippen molar-refractivity contribution in [2.75, 3.05) is 39.7 Å². The van der Waals surface area contributed by atoms with Crippen LogP contribution in [0.25, 0.3) is 11.0 Å². The second kappa shape index (κ2) is 6.79. The molecule has 8 heteroatoms. The maximum atomic E-state index is 5.54. The first-order valence-electron chi connectivity index (χ1n) is 6.99. The molecular formula is C13H24N8. The summed E-state index contributed by atoms with van der Waals surface area (Å²) in [4.78, 5) is 13.4. The number of aromatic nitrogens is 4. The lowest BCUT2D eigenvalue weighted by atomic mass is 10.3. The van der Waals surface area contributed by atoms with Crippen LogP contribution in [0.3, 0.4) is 0 Å². The molecule has 0 bridgehead atoms. The van der Waals surface area contributed by atoms with Crippen molar-refractivity contribution in [3.63, 3.8) is 0 Å². The average molecular weight is 292 g/mol. The maximum absolute atomic E-state index is 5.54. The molecule has 0 aliphatic heterocycles. The van der Waals surface area contributed by atoms with Crippen LogP contribution in [0, 0.1) is 0 Å². The molecule has 0 amide bonds. The van der Waals surface area contributed by atoms with E-state index < -0.39 is 0 Å². The fraction of sp³-hybridized carbons (Fsp3) is 0.615. The van der Waals surface area contributed by atoms with Gasteiger partial charge >= 0.3 is 0 Å². The van der Waals surface area contributed by atoms with Crippen LogP contribution in [-0.4, -0.2) is 63.8 Å². The Balaban J connectivity index is 2.09. The molecule has 0 spiro atoms. The number of aryl methyl sites for hydroxylation is 1. The molecule has 0 aliphatic rings. The minimum atomic E-state index is 0.616. The van der Waals surface area contributed by atoms with Crippen molar-refractivity contribution in [3.8, 4) is 0 Å². The van der Waals surface area contributed by atoms with E-state index in [1.165, 1.54) is 0 Å². The molecule has 0 aromatic carbocycles. The van der Waals surface area contributed by atoms with Crippen molar-refractivity contribution in [2.24, 2.45) is 12.9 Å². The summed E-state index contributed by atoms with van der Waals surface area (Å²) in [6.07, 6.45) is 2.83. The van der Waals surface area contributed by atoms with Gasteiger partial charge in [-0.2, -0.15) is 5.10 Å². The molecule has 116 valence electrons. The summed E-state index contributed by atoms with van der Waals surface area (Å²) in [7, 11) is 8.10. The molecule has 0 aliphatic carbocycles. The molecule has 2 rings (SSSR count). The smallest absolute Gasteiger partial charge is 0.163 e. The van der Waals surface area contributed by atoms with Crippen LogP contribution < -0.4 is 11.3 Å². The monoisotopic (exact) mass is 292 g/mol. The van der Waals surface area contributed by atoms with Gasteiger partial charge in [0.05, 0.1) is 18.1 Å². The highest BCUT2D eigenvalue weighted by Crippen LogP contribution is 2.18. The molecular weight excluding hydrogens is 268 g/mol. The van der Waals surface area contributed by atoms with Gasteiger partial charge in [-0.25, -0.2) is 15.8 Å². The number of anilines is 1. The molecule has 0 saturated carbocycles. The van der Waals surface area contributed by atoms with Crippen molar-refractivity contribution in [1.29, 1.82) is 0 Å². The third-order valence-corrected chi connectivity index (χ3v) is 3.33. The SMILES string of the molecule is CN(C)CCCN(C)Cc1nc(NN)c2cnn(C)c2n1. The average Bonchev–Trinajstić information content (AvgIpc) is 2.79. The number of nitrogens with two attached hydrogens (primary N) is 1. The van der Waals surface area contributed by atoms with Crippen LogP contribution in [0.5, 0.6) is 0 Å². The first-order valence-corrected chi connectivity index (χ1v) is 6.99. The predicted molar refractivity (Wildman–Crippen MR) is 83.6 cm³/mol. The zero-order valence-corrected chi connectivity index (χ0v) is 13.2. The van der Waals surface area contributed by atoms with Crippen molar-refractivity contribution in [3.05, 3.63) is 12.0 Å². The molecule has 0 unspecified atom stereocenters. The van der Waals surface area contributed by atoms with Gasteiger partial charge in [-0.05, 0) is 40.7 Å². The second-order valence-electron chi connectivity index (χ2n) is 5.53. The molecule has 0 radical (unpaired) electrons. The Hall–Kier alpha value is -1.77. The molecule has 2 heterocycles. The van der Waals surface area contributed by atoms with Crippen molar-refractivity contribution < 1.29 is 0 Å². The van der Waals surface area contributed by atoms with Gasteiger partial charge in [0.2, 0.25) is 0 Å². The van der Waals surface area contributed by atoms with E-state index in [-0.39, 0.29) is 0 Å². The lowest BCUT2D eigenvalue weighted by Gasteiger charge is -2.17. The number of hydrogen-bond donors (Lipinski definition) is 2. The molecule has 2 aromatic rings. The van der Waals surface area contributed by atoms with E-state index in [0.29, 0.717) is 12.4 Å². The van der Waals surface area contributed by atoms with Crippen LogP contribution in [0.1, 0.15) is 12.2 Å². The van der Waals surface area contributed by atoms with E-state index in [2.05, 4.69) is 51.4 Å². The van der Waals surface area contributed by atoms with Gasteiger partial charge in [0.25, 0.3) is 0 Å². The van der Waals surface area contributed by atoms with Gasteiger partial charge < -0.3 is 10.3 Å². The summed E-state index contributed by atoms with van der Waals surface area (Å²) in [6.45, 7) is 2.75. The molecule has 3 N–H and O–H groups in total. The Labute approximate surface area is 124 Å². The van der Waals surface area contributed by atoms with Gasteiger partial charge in [0.15, 0.2) is 11.5 Å². The summed E-state index contributed by atoms with van der Waals surface area (Å²) in [5, 5.41) is 5.03. The number of hydrogen-bond acceptors (Lipinski definition) is 7. The minimum absolute atomic E-state index is 0.616. The van der Waals surface area contributed by atoms with Crippen LogP contribution in [0.2, 0.25) is 0 Å². The molecule has 0 atom stereocenters. The fourth-order valence-corrected chi connectivity index (χ4v) is 2.23. The highest BCUT2D eigenvalue weighted by Gasteiger charge is 2.12. The molecule has 2 aromatic heterocycles. The maximum Gasteiger partial charge on any atom is 0.163 e. The van der Waals surface area contributed by atoms with Crippen molar-refractivity contribution in [2.45, 2.75) is 13.0 Å². The van der Waals surface area contributed by atoms with E-state index in [1.54, 1.807) is 10.9 Å². The van der Waals surface area contributed by atoms with E-state index in [1.807, 2.05) is 7.05 Å². The molecule has 0 fully saturated rings. The van der Waals surface area contributed by atoms with Crippen LogP contribution in [0.4, 0.5) is 5.82 Å².